The van der Waals surface area contributed by atoms with Crippen LogP contribution in [0.1, 0.15) is 51.4 Å². The van der Waals surface area contributed by atoms with Gasteiger partial charge in [0.25, 0.3) is 0 Å². The third-order valence-electron chi connectivity index (χ3n) is 4.29. The zero-order valence-corrected chi connectivity index (χ0v) is 13.9. The summed E-state index contributed by atoms with van der Waals surface area (Å²) in [5.74, 6) is 2.74. The van der Waals surface area contributed by atoms with Crippen molar-refractivity contribution in [3.05, 3.63) is 17.6 Å². The second-order valence-electron chi connectivity index (χ2n) is 6.74. The van der Waals surface area contributed by atoms with Gasteiger partial charge in [0.15, 0.2) is 0 Å². The Labute approximate surface area is 132 Å². The summed E-state index contributed by atoms with van der Waals surface area (Å²) < 4.78 is 2.43. The van der Waals surface area contributed by atoms with E-state index in [0.717, 1.165) is 37.1 Å². The number of nitrogens with one attached hydrogen (secondary N) is 1. The Kier molecular flexibility index (Phi) is 4.34. The number of nitrogens with two attached hydrogens (primary N) is 1. The normalized spacial score (nSPS) is 17.8. The van der Waals surface area contributed by atoms with Crippen molar-refractivity contribution in [3.63, 3.8) is 0 Å². The van der Waals surface area contributed by atoms with E-state index in [4.69, 9.17) is 10.7 Å². The van der Waals surface area contributed by atoms with E-state index < -0.39 is 0 Å². The molecule has 1 unspecified atom stereocenters. The van der Waals surface area contributed by atoms with Gasteiger partial charge in [0.2, 0.25) is 0 Å². The molecule has 2 aromatic rings. The van der Waals surface area contributed by atoms with Crippen LogP contribution in [0.5, 0.6) is 0 Å². The minimum absolute atomic E-state index is 0.0125. The zero-order valence-electron chi connectivity index (χ0n) is 13.9. The number of hydrogen-bond acceptors (Lipinski definition) is 4. The molecule has 3 N–H and O–H groups in total. The molecule has 0 aliphatic carbocycles. The lowest BCUT2D eigenvalue weighted by atomic mass is 10.0. The molecule has 5 heteroatoms. The maximum atomic E-state index is 6.01. The van der Waals surface area contributed by atoms with Crippen molar-refractivity contribution < 1.29 is 0 Å². The largest absolute Gasteiger partial charge is 0.355 e. The number of pyridine rings is 1. The number of hydrogen-bond donors (Lipinski definition) is 2. The number of nitrogens with zero attached hydrogens (tertiary/aromatic N) is 3. The summed E-state index contributed by atoms with van der Waals surface area (Å²) in [7, 11) is 0. The van der Waals surface area contributed by atoms with Gasteiger partial charge >= 0.3 is 0 Å². The second kappa shape index (κ2) is 6.24. The molecule has 3 heterocycles. The summed E-state index contributed by atoms with van der Waals surface area (Å²) in [6.45, 7) is 7.76. The quantitative estimate of drug-likeness (QED) is 0.890. The van der Waals surface area contributed by atoms with E-state index in [1.807, 2.05) is 6.20 Å². The van der Waals surface area contributed by atoms with Gasteiger partial charge in [-0.15, -0.1) is 0 Å². The van der Waals surface area contributed by atoms with Gasteiger partial charge in [-0.3, -0.25) is 0 Å². The lowest BCUT2D eigenvalue weighted by Gasteiger charge is -2.24. The molecule has 0 saturated carbocycles. The topological polar surface area (TPSA) is 68.8 Å². The SMILES string of the molecule is CCCCc1nc2cnc3c(c2n1CC(C)C)CCC(N)N3. The average Bonchev–Trinajstić information content (AvgIpc) is 2.82. The molecule has 0 bridgehead atoms. The Morgan fingerprint density at radius 2 is 2.27 bits per heavy atom. The highest BCUT2D eigenvalue weighted by atomic mass is 15.1. The van der Waals surface area contributed by atoms with Crippen LogP contribution < -0.4 is 11.1 Å². The Hall–Kier alpha value is -1.62. The zero-order chi connectivity index (χ0) is 15.7. The maximum absolute atomic E-state index is 6.01. The monoisotopic (exact) mass is 301 g/mol. The Morgan fingerprint density at radius 3 is 3.00 bits per heavy atom. The van der Waals surface area contributed by atoms with Crippen LogP contribution in [-0.2, 0) is 19.4 Å². The molecule has 1 aliphatic rings. The molecule has 0 radical (unpaired) electrons. The summed E-state index contributed by atoms with van der Waals surface area (Å²) in [5, 5.41) is 3.31. The highest BCUT2D eigenvalue weighted by molar-refractivity contribution is 5.83. The van der Waals surface area contributed by atoms with Gasteiger partial charge in [-0.1, -0.05) is 27.2 Å². The summed E-state index contributed by atoms with van der Waals surface area (Å²) >= 11 is 0. The molecule has 3 rings (SSSR count). The van der Waals surface area contributed by atoms with Gasteiger partial charge in [0.1, 0.15) is 17.2 Å². The number of unbranched alkanes of at least 4 members (excludes halogenated alkanes) is 1. The van der Waals surface area contributed by atoms with Crippen molar-refractivity contribution in [2.75, 3.05) is 5.32 Å². The van der Waals surface area contributed by atoms with Crippen molar-refractivity contribution in [3.8, 4) is 0 Å². The molecule has 1 atom stereocenters. The summed E-state index contributed by atoms with van der Waals surface area (Å²) in [6, 6.07) is 0. The van der Waals surface area contributed by atoms with Crippen molar-refractivity contribution in [2.45, 2.75) is 65.6 Å². The summed E-state index contributed by atoms with van der Waals surface area (Å²) in [6.07, 6.45) is 7.25. The highest BCUT2D eigenvalue weighted by Crippen LogP contribution is 2.30. The molecule has 0 amide bonds. The van der Waals surface area contributed by atoms with Crippen molar-refractivity contribution in [1.29, 1.82) is 0 Å². The maximum Gasteiger partial charge on any atom is 0.132 e. The number of anilines is 1. The van der Waals surface area contributed by atoms with Gasteiger partial charge in [0, 0.05) is 18.5 Å². The fourth-order valence-electron chi connectivity index (χ4n) is 3.24. The van der Waals surface area contributed by atoms with Crippen LogP contribution in [0.15, 0.2) is 6.20 Å². The van der Waals surface area contributed by atoms with Gasteiger partial charge in [0.05, 0.1) is 17.9 Å². The molecular formula is C17H27N5. The standard InChI is InChI=1S/C17H27N5/c1-4-5-6-15-20-13-9-19-17-12(7-8-14(18)21-17)16(13)22(15)10-11(2)3/h9,11,14H,4-8,10,18H2,1-3H3,(H,19,21). The van der Waals surface area contributed by atoms with Gasteiger partial charge < -0.3 is 15.6 Å². The van der Waals surface area contributed by atoms with E-state index in [9.17, 15) is 0 Å². The third-order valence-corrected chi connectivity index (χ3v) is 4.29. The predicted molar refractivity (Wildman–Crippen MR) is 90.9 cm³/mol. The molecular weight excluding hydrogens is 274 g/mol. The first-order valence-electron chi connectivity index (χ1n) is 8.49. The van der Waals surface area contributed by atoms with E-state index >= 15 is 0 Å². The molecule has 22 heavy (non-hydrogen) atoms. The summed E-state index contributed by atoms with van der Waals surface area (Å²) in [4.78, 5) is 9.42. The van der Waals surface area contributed by atoms with Crippen LogP contribution >= 0.6 is 0 Å². The Bertz CT molecular complexity index is 659. The van der Waals surface area contributed by atoms with Gasteiger partial charge in [-0.05, 0) is 25.2 Å². The molecule has 2 aromatic heterocycles. The molecule has 0 spiro atoms. The predicted octanol–water partition coefficient (Wildman–Crippen LogP) is 3.07. The number of aryl methyl sites for hydroxylation is 2. The van der Waals surface area contributed by atoms with E-state index in [0.29, 0.717) is 5.92 Å². The molecule has 120 valence electrons. The van der Waals surface area contributed by atoms with E-state index in [2.05, 4.69) is 35.6 Å². The van der Waals surface area contributed by atoms with Crippen molar-refractivity contribution in [1.82, 2.24) is 14.5 Å². The first-order valence-corrected chi connectivity index (χ1v) is 8.49. The lowest BCUT2D eigenvalue weighted by molar-refractivity contribution is 0.511. The van der Waals surface area contributed by atoms with Crippen LogP contribution in [0.25, 0.3) is 11.0 Å². The number of aromatic nitrogens is 3. The highest BCUT2D eigenvalue weighted by Gasteiger charge is 2.22. The fraction of sp³-hybridized carbons (Fsp3) is 0.647. The van der Waals surface area contributed by atoms with E-state index in [1.165, 1.54) is 29.7 Å². The van der Waals surface area contributed by atoms with Crippen molar-refractivity contribution >= 4 is 16.9 Å². The van der Waals surface area contributed by atoms with Crippen LogP contribution in [-0.4, -0.2) is 20.7 Å². The Balaban J connectivity index is 2.12. The minimum Gasteiger partial charge on any atom is -0.355 e. The number of fused-ring (bicyclic) bond motifs is 3. The second-order valence-corrected chi connectivity index (χ2v) is 6.74. The van der Waals surface area contributed by atoms with Gasteiger partial charge in [-0.25, -0.2) is 9.97 Å². The fourth-order valence-corrected chi connectivity index (χ4v) is 3.24. The number of imidazole rings is 1. The van der Waals surface area contributed by atoms with E-state index in [-0.39, 0.29) is 6.17 Å². The van der Waals surface area contributed by atoms with E-state index in [1.54, 1.807) is 0 Å². The van der Waals surface area contributed by atoms with Gasteiger partial charge in [-0.2, -0.15) is 0 Å². The van der Waals surface area contributed by atoms with Crippen LogP contribution in [0, 0.1) is 5.92 Å². The molecule has 5 nitrogen and oxygen atoms in total. The first kappa shape index (κ1) is 15.3. The van der Waals surface area contributed by atoms with Crippen LogP contribution in [0.2, 0.25) is 0 Å². The third kappa shape index (κ3) is 2.82. The van der Waals surface area contributed by atoms with Crippen LogP contribution in [0.4, 0.5) is 5.82 Å². The number of rotatable bonds is 5. The smallest absolute Gasteiger partial charge is 0.132 e. The Morgan fingerprint density at radius 1 is 1.45 bits per heavy atom. The molecule has 0 aromatic carbocycles. The average molecular weight is 301 g/mol. The summed E-state index contributed by atoms with van der Waals surface area (Å²) in [5.41, 5.74) is 9.60. The van der Waals surface area contributed by atoms with Crippen molar-refractivity contribution in [2.24, 2.45) is 11.7 Å². The molecule has 0 saturated heterocycles. The molecule has 1 aliphatic heterocycles. The first-order chi connectivity index (χ1) is 10.6. The molecule has 0 fully saturated rings. The minimum atomic E-state index is 0.0125. The lowest BCUT2D eigenvalue weighted by Crippen LogP contribution is -2.34. The van der Waals surface area contributed by atoms with Crippen LogP contribution in [0.3, 0.4) is 0 Å².